The number of H-pyrrole nitrogens is 1. The molecule has 1 amide bonds. The molecule has 8 heteroatoms. The van der Waals surface area contributed by atoms with Crippen LogP contribution >= 0.6 is 0 Å². The summed E-state index contributed by atoms with van der Waals surface area (Å²) in [6.45, 7) is 2.24. The Morgan fingerprint density at radius 2 is 1.96 bits per heavy atom. The van der Waals surface area contributed by atoms with E-state index in [9.17, 15) is 9.59 Å². The zero-order valence-corrected chi connectivity index (χ0v) is 14.7. The lowest BCUT2D eigenvalue weighted by atomic mass is 9.89. The van der Waals surface area contributed by atoms with Gasteiger partial charge in [0.1, 0.15) is 5.69 Å². The maximum atomic E-state index is 12.4. The number of rotatable bonds is 6. The number of carbonyl (C=O) groups excluding carboxylic acids is 2. The second-order valence-electron chi connectivity index (χ2n) is 6.24. The summed E-state index contributed by atoms with van der Waals surface area (Å²) in [6.07, 6.45) is 5.00. The standard InChI is InChI=1S/C18H22N4O4/c1-2-25-14-10-12(15-16(17(19)23)21-22-20-15)8-9-13(14)26-18(24)11-6-4-3-5-7-11/h8-11H,2-7H2,1H3,(H2,19,23)(H,20,21,22). The molecular weight excluding hydrogens is 336 g/mol. The molecule has 0 saturated heterocycles. The molecule has 1 aliphatic rings. The first kappa shape index (κ1) is 17.9. The van der Waals surface area contributed by atoms with Gasteiger partial charge in [-0.25, -0.2) is 0 Å². The second kappa shape index (κ2) is 7.99. The topological polar surface area (TPSA) is 120 Å². The Morgan fingerprint density at radius 1 is 1.19 bits per heavy atom. The van der Waals surface area contributed by atoms with E-state index >= 15 is 0 Å². The van der Waals surface area contributed by atoms with Crippen LogP contribution in [0.3, 0.4) is 0 Å². The van der Waals surface area contributed by atoms with E-state index in [1.54, 1.807) is 18.2 Å². The van der Waals surface area contributed by atoms with Gasteiger partial charge in [0.25, 0.3) is 5.91 Å². The highest BCUT2D eigenvalue weighted by atomic mass is 16.6. The van der Waals surface area contributed by atoms with Crippen LogP contribution in [0.1, 0.15) is 49.5 Å². The molecule has 0 atom stereocenters. The predicted octanol–water partition coefficient (Wildman–Crippen LogP) is 2.46. The fourth-order valence-corrected chi connectivity index (χ4v) is 3.14. The number of carbonyl (C=O) groups is 2. The van der Waals surface area contributed by atoms with Crippen LogP contribution in [0.5, 0.6) is 11.5 Å². The van der Waals surface area contributed by atoms with Crippen molar-refractivity contribution in [2.45, 2.75) is 39.0 Å². The molecule has 1 fully saturated rings. The first-order valence-corrected chi connectivity index (χ1v) is 8.79. The Hall–Kier alpha value is -2.90. The number of nitrogens with zero attached hydrogens (tertiary/aromatic N) is 2. The molecular formula is C18H22N4O4. The van der Waals surface area contributed by atoms with Gasteiger partial charge in [-0.15, -0.1) is 0 Å². The van der Waals surface area contributed by atoms with E-state index < -0.39 is 5.91 Å². The third-order valence-electron chi connectivity index (χ3n) is 4.45. The molecule has 26 heavy (non-hydrogen) atoms. The van der Waals surface area contributed by atoms with Crippen LogP contribution in [0, 0.1) is 5.92 Å². The van der Waals surface area contributed by atoms with Crippen molar-refractivity contribution in [3.05, 3.63) is 23.9 Å². The molecule has 0 aliphatic heterocycles. The Balaban J connectivity index is 1.85. The summed E-state index contributed by atoms with van der Waals surface area (Å²) in [7, 11) is 0. The van der Waals surface area contributed by atoms with Gasteiger partial charge in [0.2, 0.25) is 0 Å². The van der Waals surface area contributed by atoms with Gasteiger partial charge in [-0.05, 0) is 38.0 Å². The van der Waals surface area contributed by atoms with Gasteiger partial charge in [0.15, 0.2) is 17.2 Å². The molecule has 1 aromatic heterocycles. The number of benzene rings is 1. The van der Waals surface area contributed by atoms with Crippen molar-refractivity contribution in [2.75, 3.05) is 6.61 Å². The van der Waals surface area contributed by atoms with Gasteiger partial charge in [0, 0.05) is 5.56 Å². The summed E-state index contributed by atoms with van der Waals surface area (Å²) in [4.78, 5) is 23.9. The van der Waals surface area contributed by atoms with Gasteiger partial charge in [-0.2, -0.15) is 15.4 Å². The molecule has 3 rings (SSSR count). The van der Waals surface area contributed by atoms with Crippen molar-refractivity contribution in [1.29, 1.82) is 0 Å². The van der Waals surface area contributed by atoms with Gasteiger partial charge >= 0.3 is 5.97 Å². The van der Waals surface area contributed by atoms with Crippen LogP contribution in [0.15, 0.2) is 18.2 Å². The van der Waals surface area contributed by atoms with Crippen LogP contribution in [0.2, 0.25) is 0 Å². The van der Waals surface area contributed by atoms with Gasteiger partial charge in [0.05, 0.1) is 12.5 Å². The highest BCUT2D eigenvalue weighted by molar-refractivity contribution is 5.96. The fraction of sp³-hybridized carbons (Fsp3) is 0.444. The number of ether oxygens (including phenoxy) is 2. The normalized spacial score (nSPS) is 14.8. The van der Waals surface area contributed by atoms with Gasteiger partial charge < -0.3 is 15.2 Å². The molecule has 0 spiro atoms. The third-order valence-corrected chi connectivity index (χ3v) is 4.45. The SMILES string of the molecule is CCOc1cc(-c2n[nH]nc2C(N)=O)ccc1OC(=O)C1CCCCC1. The molecule has 0 unspecified atom stereocenters. The van der Waals surface area contributed by atoms with Gasteiger partial charge in [-0.3, -0.25) is 9.59 Å². The Labute approximate surface area is 151 Å². The minimum Gasteiger partial charge on any atom is -0.490 e. The van der Waals surface area contributed by atoms with E-state index in [2.05, 4.69) is 15.4 Å². The van der Waals surface area contributed by atoms with Gasteiger partial charge in [-0.1, -0.05) is 19.3 Å². The highest BCUT2D eigenvalue weighted by Crippen LogP contribution is 2.34. The maximum Gasteiger partial charge on any atom is 0.314 e. The molecule has 1 aromatic carbocycles. The smallest absolute Gasteiger partial charge is 0.314 e. The zero-order valence-electron chi connectivity index (χ0n) is 14.7. The summed E-state index contributed by atoms with van der Waals surface area (Å²) >= 11 is 0. The molecule has 1 heterocycles. The number of nitrogens with one attached hydrogen (secondary N) is 1. The van der Waals surface area contributed by atoms with Crippen LogP contribution in [-0.2, 0) is 4.79 Å². The lowest BCUT2D eigenvalue weighted by molar-refractivity contribution is -0.140. The first-order chi connectivity index (χ1) is 12.6. The summed E-state index contributed by atoms with van der Waals surface area (Å²) in [5, 5.41) is 10.1. The summed E-state index contributed by atoms with van der Waals surface area (Å²) < 4.78 is 11.2. The zero-order chi connectivity index (χ0) is 18.5. The molecule has 3 N–H and O–H groups in total. The van der Waals surface area contributed by atoms with E-state index in [-0.39, 0.29) is 17.6 Å². The number of amides is 1. The predicted molar refractivity (Wildman–Crippen MR) is 93.7 cm³/mol. The molecule has 0 radical (unpaired) electrons. The van der Waals surface area contributed by atoms with Crippen LogP contribution in [0.4, 0.5) is 0 Å². The average molecular weight is 358 g/mol. The first-order valence-electron chi connectivity index (χ1n) is 8.79. The second-order valence-corrected chi connectivity index (χ2v) is 6.24. The van der Waals surface area contributed by atoms with Crippen molar-refractivity contribution in [1.82, 2.24) is 15.4 Å². The number of aromatic nitrogens is 3. The number of hydrogen-bond acceptors (Lipinski definition) is 6. The molecule has 0 bridgehead atoms. The summed E-state index contributed by atoms with van der Waals surface area (Å²) in [6, 6.07) is 4.99. The monoisotopic (exact) mass is 358 g/mol. The molecule has 1 saturated carbocycles. The van der Waals surface area contributed by atoms with E-state index in [4.69, 9.17) is 15.2 Å². The van der Waals surface area contributed by atoms with Crippen molar-refractivity contribution in [2.24, 2.45) is 11.7 Å². The van der Waals surface area contributed by atoms with Crippen molar-refractivity contribution < 1.29 is 19.1 Å². The molecule has 1 aliphatic carbocycles. The number of nitrogens with two attached hydrogens (primary N) is 1. The minimum atomic E-state index is -0.681. The van der Waals surface area contributed by atoms with E-state index in [0.29, 0.717) is 29.4 Å². The highest BCUT2D eigenvalue weighted by Gasteiger charge is 2.24. The number of primary amides is 1. The average Bonchev–Trinajstić information content (AvgIpc) is 3.14. The van der Waals surface area contributed by atoms with Crippen LogP contribution < -0.4 is 15.2 Å². The summed E-state index contributed by atoms with van der Waals surface area (Å²) in [5.41, 5.74) is 6.26. The third kappa shape index (κ3) is 3.84. The molecule has 138 valence electrons. The van der Waals surface area contributed by atoms with E-state index in [1.165, 1.54) is 6.42 Å². The fourth-order valence-electron chi connectivity index (χ4n) is 3.14. The number of aromatic amines is 1. The van der Waals surface area contributed by atoms with Crippen molar-refractivity contribution in [3.63, 3.8) is 0 Å². The maximum absolute atomic E-state index is 12.4. The Kier molecular flexibility index (Phi) is 5.50. The molecule has 8 nitrogen and oxygen atoms in total. The van der Waals surface area contributed by atoms with Crippen molar-refractivity contribution in [3.8, 4) is 22.8 Å². The largest absolute Gasteiger partial charge is 0.490 e. The number of hydrogen-bond donors (Lipinski definition) is 2. The lowest BCUT2D eigenvalue weighted by Gasteiger charge is -2.20. The van der Waals surface area contributed by atoms with E-state index in [1.807, 2.05) is 6.92 Å². The van der Waals surface area contributed by atoms with Crippen molar-refractivity contribution >= 4 is 11.9 Å². The Morgan fingerprint density at radius 3 is 2.65 bits per heavy atom. The minimum absolute atomic E-state index is 0.0411. The van der Waals surface area contributed by atoms with E-state index in [0.717, 1.165) is 25.7 Å². The van der Waals surface area contributed by atoms with Crippen LogP contribution in [-0.4, -0.2) is 33.9 Å². The van der Waals surface area contributed by atoms with Crippen LogP contribution in [0.25, 0.3) is 11.3 Å². The lowest BCUT2D eigenvalue weighted by Crippen LogP contribution is -2.23. The summed E-state index contributed by atoms with van der Waals surface area (Å²) in [5.74, 6) is -0.199. The number of esters is 1. The molecule has 2 aromatic rings. The quantitative estimate of drug-likeness (QED) is 0.604. The Bertz CT molecular complexity index is 796.